The highest BCUT2D eigenvalue weighted by Gasteiger charge is 2.40. The Bertz CT molecular complexity index is 1530. The maximum atomic E-state index is 13.2. The van der Waals surface area contributed by atoms with Crippen molar-refractivity contribution in [3.63, 3.8) is 0 Å². The highest BCUT2D eigenvalue weighted by Crippen LogP contribution is 2.40. The van der Waals surface area contributed by atoms with Crippen molar-refractivity contribution in [1.29, 1.82) is 0 Å². The number of thiazole rings is 1. The van der Waals surface area contributed by atoms with Gasteiger partial charge >= 0.3 is 6.18 Å². The molecule has 1 saturated heterocycles. The van der Waals surface area contributed by atoms with Gasteiger partial charge in [0.25, 0.3) is 5.91 Å². The summed E-state index contributed by atoms with van der Waals surface area (Å²) in [5.74, 6) is 0.0157. The van der Waals surface area contributed by atoms with Crippen LogP contribution in [-0.2, 0) is 0 Å². The Morgan fingerprint density at radius 1 is 1.23 bits per heavy atom. The van der Waals surface area contributed by atoms with Gasteiger partial charge < -0.3 is 19.9 Å². The Kier molecular flexibility index (Phi) is 5.95. The number of hydrogen-bond donors (Lipinski definition) is 2. The number of aliphatic hydroxyl groups is 1. The minimum absolute atomic E-state index is 0.0490. The highest BCUT2D eigenvalue weighted by molar-refractivity contribution is 7.13. The molecule has 2 fully saturated rings. The van der Waals surface area contributed by atoms with Crippen LogP contribution in [0.1, 0.15) is 54.8 Å². The molecule has 2 aliphatic rings. The van der Waals surface area contributed by atoms with Crippen LogP contribution in [0.15, 0.2) is 36.5 Å². The van der Waals surface area contributed by atoms with Crippen molar-refractivity contribution in [2.45, 2.75) is 50.4 Å². The first-order valence-corrected chi connectivity index (χ1v) is 13.1. The number of aromatic nitrogens is 7. The van der Waals surface area contributed by atoms with Gasteiger partial charge in [-0.2, -0.15) is 13.2 Å². The molecule has 6 rings (SSSR count). The van der Waals surface area contributed by atoms with E-state index in [1.165, 1.54) is 5.38 Å². The molecule has 11 nitrogen and oxygen atoms in total. The molecule has 0 unspecified atom stereocenters. The van der Waals surface area contributed by atoms with Gasteiger partial charge in [-0.05, 0) is 32.8 Å². The summed E-state index contributed by atoms with van der Waals surface area (Å²) >= 11 is 1.04. The lowest BCUT2D eigenvalue weighted by Crippen LogP contribution is -2.60. The number of hydrogen-bond acceptors (Lipinski definition) is 9. The summed E-state index contributed by atoms with van der Waals surface area (Å²) in [6, 6.07) is -0.199. The van der Waals surface area contributed by atoms with Crippen LogP contribution in [0.3, 0.4) is 0 Å². The molecule has 204 valence electrons. The van der Waals surface area contributed by atoms with Gasteiger partial charge in [0.15, 0.2) is 10.8 Å². The van der Waals surface area contributed by atoms with Crippen LogP contribution in [0.2, 0.25) is 0 Å². The molecule has 1 amide bonds. The van der Waals surface area contributed by atoms with Gasteiger partial charge in [-0.1, -0.05) is 0 Å². The molecule has 0 radical (unpaired) electrons. The number of rotatable bonds is 7. The van der Waals surface area contributed by atoms with Crippen molar-refractivity contribution in [2.24, 2.45) is 0 Å². The van der Waals surface area contributed by atoms with Crippen LogP contribution in [0.5, 0.6) is 0 Å². The molecule has 1 aliphatic carbocycles. The Hall–Kier alpha value is -3.85. The average Bonchev–Trinajstić information content (AvgIpc) is 3.24. The van der Waals surface area contributed by atoms with Gasteiger partial charge in [0.1, 0.15) is 23.9 Å². The first-order valence-electron chi connectivity index (χ1n) is 12.2. The molecule has 5 heterocycles. The molecule has 15 heteroatoms. The van der Waals surface area contributed by atoms with Crippen molar-refractivity contribution in [1.82, 2.24) is 34.3 Å². The second-order valence-electron chi connectivity index (χ2n) is 10.2. The van der Waals surface area contributed by atoms with Crippen molar-refractivity contribution in [3.05, 3.63) is 47.9 Å². The van der Waals surface area contributed by atoms with Gasteiger partial charge in [0, 0.05) is 30.6 Å². The summed E-state index contributed by atoms with van der Waals surface area (Å²) in [6.07, 6.45) is 3.96. The van der Waals surface area contributed by atoms with E-state index in [-0.39, 0.29) is 22.3 Å². The number of pyridine rings is 1. The summed E-state index contributed by atoms with van der Waals surface area (Å²) < 4.78 is 42.5. The Labute approximate surface area is 224 Å². The molecule has 1 aliphatic heterocycles. The fourth-order valence-corrected chi connectivity index (χ4v) is 5.21. The van der Waals surface area contributed by atoms with Crippen molar-refractivity contribution < 1.29 is 23.1 Å². The van der Waals surface area contributed by atoms with E-state index < -0.39 is 23.7 Å². The number of nitrogens with zero attached hydrogens (tertiary/aromatic N) is 8. The number of imidazole rings is 1. The molecular formula is C24H24F3N9O2S. The van der Waals surface area contributed by atoms with Gasteiger partial charge in [-0.15, -0.1) is 21.5 Å². The first kappa shape index (κ1) is 25.4. The predicted molar refractivity (Wildman–Crippen MR) is 136 cm³/mol. The number of carbonyl (C=O) groups is 1. The standard InChI is InChI=1S/C24H24F3N9O2S/c1-13(24(25,26)27)36-12-30-33-20(36)22-32-19(8-39-22)31-21(37)15-5-17(34-7-16(29-11-34)14-3-4-14)18(6-28-15)35-9-23(2,38)10-35/h5-8,11-14,38H,3-4,9-10H2,1-2H3,(H,31,37)/t13-/m0/s1. The number of nitrogens with one attached hydrogen (secondary N) is 1. The molecule has 1 saturated carbocycles. The maximum Gasteiger partial charge on any atom is 0.408 e. The zero-order valence-electron chi connectivity index (χ0n) is 20.9. The average molecular weight is 560 g/mol. The SMILES string of the molecule is C[C@H](n1cnnc1-c1nc(NC(=O)c2cc(-n3cnc(C4CC4)c3)c(N3CC(C)(O)C3)cn2)cs1)C(F)(F)F. The van der Waals surface area contributed by atoms with Gasteiger partial charge in [-0.3, -0.25) is 9.36 Å². The molecule has 4 aromatic heterocycles. The summed E-state index contributed by atoms with van der Waals surface area (Å²) in [4.78, 5) is 28.2. The summed E-state index contributed by atoms with van der Waals surface area (Å²) in [5.41, 5.74) is 1.75. The molecule has 1 atom stereocenters. The van der Waals surface area contributed by atoms with E-state index in [0.29, 0.717) is 24.7 Å². The molecular weight excluding hydrogens is 535 g/mol. The molecule has 2 N–H and O–H groups in total. The second-order valence-corrected chi connectivity index (χ2v) is 11.0. The minimum Gasteiger partial charge on any atom is -0.386 e. The summed E-state index contributed by atoms with van der Waals surface area (Å²) in [7, 11) is 0. The third-order valence-corrected chi connectivity index (χ3v) is 7.61. The van der Waals surface area contributed by atoms with Gasteiger partial charge in [0.2, 0.25) is 0 Å². The first-order chi connectivity index (χ1) is 18.5. The van der Waals surface area contributed by atoms with E-state index in [2.05, 4.69) is 30.5 Å². The number of alkyl halides is 3. The number of carbonyl (C=O) groups excluding carboxylic acids is 1. The molecule has 0 spiro atoms. The molecule has 4 aromatic rings. The van der Waals surface area contributed by atoms with Gasteiger partial charge in [-0.25, -0.2) is 15.0 Å². The molecule has 39 heavy (non-hydrogen) atoms. The number of β-amino-alcohol motifs (C(OH)–C–C–N with tert-alkyl or cyclic N) is 1. The largest absolute Gasteiger partial charge is 0.408 e. The Morgan fingerprint density at radius 3 is 2.69 bits per heavy atom. The van der Waals surface area contributed by atoms with E-state index in [1.807, 2.05) is 15.7 Å². The van der Waals surface area contributed by atoms with Crippen LogP contribution in [0.4, 0.5) is 24.7 Å². The van der Waals surface area contributed by atoms with Crippen LogP contribution >= 0.6 is 11.3 Å². The van der Waals surface area contributed by atoms with Crippen molar-refractivity contribution in [2.75, 3.05) is 23.3 Å². The topological polar surface area (TPSA) is 127 Å². The van der Waals surface area contributed by atoms with E-state index in [4.69, 9.17) is 0 Å². The predicted octanol–water partition coefficient (Wildman–Crippen LogP) is 3.81. The highest BCUT2D eigenvalue weighted by atomic mass is 32.1. The van der Waals surface area contributed by atoms with E-state index in [9.17, 15) is 23.1 Å². The Balaban J connectivity index is 1.25. The smallest absolute Gasteiger partial charge is 0.386 e. The van der Waals surface area contributed by atoms with E-state index in [0.717, 1.165) is 53.4 Å². The maximum absolute atomic E-state index is 13.2. The fraction of sp³-hybridized carbons (Fsp3) is 0.417. The molecule has 0 aromatic carbocycles. The van der Waals surface area contributed by atoms with Crippen LogP contribution in [0, 0.1) is 0 Å². The van der Waals surface area contributed by atoms with Crippen LogP contribution in [-0.4, -0.2) is 70.2 Å². The lowest BCUT2D eigenvalue weighted by atomic mass is 9.96. The monoisotopic (exact) mass is 559 g/mol. The number of amides is 1. The summed E-state index contributed by atoms with van der Waals surface area (Å²) in [6.45, 7) is 3.62. The molecule has 0 bridgehead atoms. The third-order valence-electron chi connectivity index (χ3n) is 6.78. The third kappa shape index (κ3) is 4.98. The zero-order valence-corrected chi connectivity index (χ0v) is 21.7. The van der Waals surface area contributed by atoms with E-state index in [1.54, 1.807) is 25.5 Å². The van der Waals surface area contributed by atoms with Crippen LogP contribution in [0.25, 0.3) is 16.5 Å². The normalized spacial score (nSPS) is 17.6. The van der Waals surface area contributed by atoms with Crippen molar-refractivity contribution >= 4 is 28.7 Å². The van der Waals surface area contributed by atoms with Gasteiger partial charge in [0.05, 0.1) is 35.2 Å². The quantitative estimate of drug-likeness (QED) is 0.350. The Morgan fingerprint density at radius 2 is 2.00 bits per heavy atom. The number of anilines is 2. The fourth-order valence-electron chi connectivity index (χ4n) is 4.47. The zero-order chi connectivity index (χ0) is 27.5. The lowest BCUT2D eigenvalue weighted by molar-refractivity contribution is -0.162. The minimum atomic E-state index is -4.48. The van der Waals surface area contributed by atoms with E-state index >= 15 is 0 Å². The number of halogens is 3. The van der Waals surface area contributed by atoms with Crippen molar-refractivity contribution in [3.8, 4) is 16.5 Å². The lowest BCUT2D eigenvalue weighted by Gasteiger charge is -2.46. The second kappa shape index (κ2) is 9.12. The summed E-state index contributed by atoms with van der Waals surface area (Å²) in [5, 5.41) is 22.0. The van der Waals surface area contributed by atoms with Crippen LogP contribution < -0.4 is 10.2 Å².